The molecule has 4 rings (SSSR count). The third-order valence-electron chi connectivity index (χ3n) is 6.00. The van der Waals surface area contributed by atoms with Gasteiger partial charge in [0, 0.05) is 26.7 Å². The number of amides is 1. The highest BCUT2D eigenvalue weighted by Gasteiger charge is 2.28. The predicted octanol–water partition coefficient (Wildman–Crippen LogP) is 3.35. The van der Waals surface area contributed by atoms with E-state index >= 15 is 0 Å². The second-order valence-electron chi connectivity index (χ2n) is 8.19. The monoisotopic (exact) mass is 490 g/mol. The van der Waals surface area contributed by atoms with Crippen molar-refractivity contribution in [3.8, 4) is 0 Å². The molecule has 0 N–H and O–H groups in total. The standard InChI is InChI=1S/C23H27FN4O3S2/c1-17(23-25-20-6-3-4-7-21(20)32-23)26(2)22(29)16-27-12-5-13-28(15-14-27)33(30,31)19-10-8-18(24)9-11-19/h3-4,6-11,17H,5,12-16H2,1-2H3. The molecule has 1 aliphatic heterocycles. The van der Waals surface area contributed by atoms with Crippen LogP contribution in [0.15, 0.2) is 53.4 Å². The zero-order valence-electron chi connectivity index (χ0n) is 18.6. The van der Waals surface area contributed by atoms with E-state index in [1.807, 2.05) is 36.1 Å². The molecule has 1 atom stereocenters. The molecule has 0 bridgehead atoms. The molecule has 7 nitrogen and oxygen atoms in total. The van der Waals surface area contributed by atoms with Crippen molar-refractivity contribution in [2.75, 3.05) is 39.8 Å². The molecule has 10 heteroatoms. The molecule has 1 unspecified atom stereocenters. The van der Waals surface area contributed by atoms with E-state index in [0.29, 0.717) is 26.1 Å². The Balaban J connectivity index is 1.37. The molecule has 0 spiro atoms. The van der Waals surface area contributed by atoms with E-state index in [2.05, 4.69) is 4.98 Å². The summed E-state index contributed by atoms with van der Waals surface area (Å²) >= 11 is 1.59. The second-order valence-corrected chi connectivity index (χ2v) is 11.2. The first-order valence-corrected chi connectivity index (χ1v) is 13.1. The number of nitrogens with zero attached hydrogens (tertiary/aromatic N) is 4. The third-order valence-corrected chi connectivity index (χ3v) is 9.12. The van der Waals surface area contributed by atoms with Crippen LogP contribution in [0.2, 0.25) is 0 Å². The molecule has 176 valence electrons. The van der Waals surface area contributed by atoms with Crippen molar-refractivity contribution in [1.29, 1.82) is 0 Å². The lowest BCUT2D eigenvalue weighted by Gasteiger charge is -2.27. The Morgan fingerprint density at radius 1 is 1.12 bits per heavy atom. The Hall–Kier alpha value is -2.40. The Morgan fingerprint density at radius 2 is 1.85 bits per heavy atom. The van der Waals surface area contributed by atoms with Crippen molar-refractivity contribution in [2.24, 2.45) is 0 Å². The minimum Gasteiger partial charge on any atom is -0.335 e. The lowest BCUT2D eigenvalue weighted by atomic mass is 10.3. The van der Waals surface area contributed by atoms with Gasteiger partial charge in [0.1, 0.15) is 10.8 Å². The molecule has 3 aromatic rings. The van der Waals surface area contributed by atoms with Crippen molar-refractivity contribution in [2.45, 2.75) is 24.3 Å². The van der Waals surface area contributed by atoms with Gasteiger partial charge >= 0.3 is 0 Å². The molecule has 1 amide bonds. The summed E-state index contributed by atoms with van der Waals surface area (Å²) in [5, 5.41) is 0.888. The van der Waals surface area contributed by atoms with E-state index in [1.54, 1.807) is 23.3 Å². The SMILES string of the molecule is CC(c1nc2ccccc2s1)N(C)C(=O)CN1CCCN(S(=O)(=O)c2ccc(F)cc2)CC1. The van der Waals surface area contributed by atoms with E-state index in [1.165, 1.54) is 16.4 Å². The number of carbonyl (C=O) groups is 1. The summed E-state index contributed by atoms with van der Waals surface area (Å²) in [6.07, 6.45) is 0.616. The highest BCUT2D eigenvalue weighted by molar-refractivity contribution is 7.89. The highest BCUT2D eigenvalue weighted by atomic mass is 32.2. The minimum absolute atomic E-state index is 0.0309. The van der Waals surface area contributed by atoms with Crippen LogP contribution in [-0.4, -0.2) is 73.2 Å². The van der Waals surface area contributed by atoms with Crippen LogP contribution in [0.1, 0.15) is 24.4 Å². The van der Waals surface area contributed by atoms with Crippen molar-refractivity contribution in [1.82, 2.24) is 19.1 Å². The summed E-state index contributed by atoms with van der Waals surface area (Å²) in [4.78, 5) is 21.4. The largest absolute Gasteiger partial charge is 0.335 e. The van der Waals surface area contributed by atoms with Gasteiger partial charge in [-0.3, -0.25) is 9.69 Å². The van der Waals surface area contributed by atoms with Crippen LogP contribution in [0.5, 0.6) is 0 Å². The van der Waals surface area contributed by atoms with Crippen molar-refractivity contribution < 1.29 is 17.6 Å². The van der Waals surface area contributed by atoms with Crippen LogP contribution >= 0.6 is 11.3 Å². The van der Waals surface area contributed by atoms with Crippen molar-refractivity contribution in [3.63, 3.8) is 0 Å². The molecule has 2 aromatic carbocycles. The average Bonchev–Trinajstić information content (AvgIpc) is 3.10. The molecule has 33 heavy (non-hydrogen) atoms. The number of fused-ring (bicyclic) bond motifs is 1. The number of hydrogen-bond acceptors (Lipinski definition) is 6. The number of benzene rings is 2. The van der Waals surface area contributed by atoms with Gasteiger partial charge in [-0.2, -0.15) is 4.31 Å². The molecule has 1 saturated heterocycles. The number of carbonyl (C=O) groups excluding carboxylic acids is 1. The number of halogens is 1. The quantitative estimate of drug-likeness (QED) is 0.530. The van der Waals surface area contributed by atoms with Gasteiger partial charge in [-0.05, 0) is 56.3 Å². The van der Waals surface area contributed by atoms with Gasteiger partial charge in [0.15, 0.2) is 0 Å². The van der Waals surface area contributed by atoms with Gasteiger partial charge in [-0.1, -0.05) is 12.1 Å². The number of thiazole rings is 1. The van der Waals surface area contributed by atoms with E-state index < -0.39 is 15.8 Å². The minimum atomic E-state index is -3.69. The van der Waals surface area contributed by atoms with Crippen LogP contribution in [0.25, 0.3) is 10.2 Å². The summed E-state index contributed by atoms with van der Waals surface area (Å²) < 4.78 is 41.5. The van der Waals surface area contributed by atoms with Crippen molar-refractivity contribution >= 4 is 37.5 Å². The zero-order chi connectivity index (χ0) is 23.6. The lowest BCUT2D eigenvalue weighted by molar-refractivity contribution is -0.133. The summed E-state index contributed by atoms with van der Waals surface area (Å²) in [5.74, 6) is -0.504. The summed E-state index contributed by atoms with van der Waals surface area (Å²) in [6.45, 7) is 3.91. The molecule has 1 fully saturated rings. The molecule has 2 heterocycles. The Bertz CT molecular complexity index is 1200. The fraction of sp³-hybridized carbons (Fsp3) is 0.391. The Kier molecular flexibility index (Phi) is 7.08. The molecule has 1 aliphatic rings. The maximum absolute atomic E-state index is 13.2. The molecule has 0 radical (unpaired) electrons. The van der Waals surface area contributed by atoms with Crippen molar-refractivity contribution in [3.05, 3.63) is 59.4 Å². The number of aromatic nitrogens is 1. The number of hydrogen-bond donors (Lipinski definition) is 0. The molecular formula is C23H27FN4O3S2. The Labute approximate surface area is 197 Å². The molecule has 1 aromatic heterocycles. The van der Waals surface area contributed by atoms with Gasteiger partial charge in [-0.15, -0.1) is 11.3 Å². The normalized spacial score (nSPS) is 17.1. The number of sulfonamides is 1. The predicted molar refractivity (Wildman–Crippen MR) is 127 cm³/mol. The molecule has 0 aliphatic carbocycles. The van der Waals surface area contributed by atoms with Crippen LogP contribution in [0.3, 0.4) is 0 Å². The maximum atomic E-state index is 13.2. The molecular weight excluding hydrogens is 463 g/mol. The highest BCUT2D eigenvalue weighted by Crippen LogP contribution is 2.29. The third kappa shape index (κ3) is 5.24. The van der Waals surface area contributed by atoms with Gasteiger partial charge in [0.2, 0.25) is 15.9 Å². The summed E-state index contributed by atoms with van der Waals surface area (Å²) in [6, 6.07) is 12.6. The van der Waals surface area contributed by atoms with Crippen LogP contribution in [-0.2, 0) is 14.8 Å². The average molecular weight is 491 g/mol. The maximum Gasteiger partial charge on any atom is 0.243 e. The van der Waals surface area contributed by atoms with E-state index in [0.717, 1.165) is 27.4 Å². The summed E-state index contributed by atoms with van der Waals surface area (Å²) in [7, 11) is -1.91. The first kappa shape index (κ1) is 23.7. The number of likely N-dealkylation sites (N-methyl/N-ethyl adjacent to an activating group) is 1. The fourth-order valence-electron chi connectivity index (χ4n) is 3.85. The van der Waals surface area contributed by atoms with E-state index in [-0.39, 0.29) is 29.9 Å². The van der Waals surface area contributed by atoms with E-state index in [4.69, 9.17) is 0 Å². The van der Waals surface area contributed by atoms with Crippen LogP contribution < -0.4 is 0 Å². The number of para-hydroxylation sites is 1. The first-order valence-electron chi connectivity index (χ1n) is 10.8. The van der Waals surface area contributed by atoms with Gasteiger partial charge in [0.05, 0.1) is 27.7 Å². The zero-order valence-corrected chi connectivity index (χ0v) is 20.3. The molecule has 0 saturated carbocycles. The van der Waals surface area contributed by atoms with Crippen LogP contribution in [0.4, 0.5) is 4.39 Å². The van der Waals surface area contributed by atoms with Gasteiger partial charge < -0.3 is 4.90 Å². The van der Waals surface area contributed by atoms with Gasteiger partial charge in [0.25, 0.3) is 0 Å². The lowest BCUT2D eigenvalue weighted by Crippen LogP contribution is -2.41. The summed E-state index contributed by atoms with van der Waals surface area (Å²) in [5.41, 5.74) is 0.931. The number of rotatable bonds is 6. The first-order chi connectivity index (χ1) is 15.8. The second kappa shape index (κ2) is 9.84. The topological polar surface area (TPSA) is 73.8 Å². The van der Waals surface area contributed by atoms with Gasteiger partial charge in [-0.25, -0.2) is 17.8 Å². The smallest absolute Gasteiger partial charge is 0.243 e. The van der Waals surface area contributed by atoms with E-state index in [9.17, 15) is 17.6 Å². The fourth-order valence-corrected chi connectivity index (χ4v) is 6.39. The van der Waals surface area contributed by atoms with Crippen LogP contribution in [0, 0.1) is 5.82 Å². The Morgan fingerprint density at radius 3 is 2.58 bits per heavy atom.